The highest BCUT2D eigenvalue weighted by Gasteiger charge is 2.15. The van der Waals surface area contributed by atoms with Crippen molar-refractivity contribution in [1.29, 1.82) is 0 Å². The van der Waals surface area contributed by atoms with E-state index in [1.54, 1.807) is 11.3 Å². The number of pyridine rings is 1. The van der Waals surface area contributed by atoms with Gasteiger partial charge in [0, 0.05) is 27.7 Å². The van der Waals surface area contributed by atoms with Gasteiger partial charge in [-0.05, 0) is 56.5 Å². The minimum atomic E-state index is 0.309. The molecule has 2 rings (SSSR count). The first-order chi connectivity index (χ1) is 8.08. The number of aryl methyl sites for hydroxylation is 1. The van der Waals surface area contributed by atoms with Gasteiger partial charge in [-0.3, -0.25) is 4.98 Å². The number of alkyl halides is 1. The third kappa shape index (κ3) is 3.40. The molecule has 1 nitrogen and oxygen atoms in total. The molecule has 0 aliphatic carbocycles. The maximum atomic E-state index is 4.42. The SMILES string of the molecule is Cc1cccnc1CC(Br)c1cc(Br)c(Br)s1. The molecule has 0 amide bonds. The lowest BCUT2D eigenvalue weighted by atomic mass is 10.1. The van der Waals surface area contributed by atoms with Crippen LogP contribution in [0.25, 0.3) is 0 Å². The summed E-state index contributed by atoms with van der Waals surface area (Å²) in [6.45, 7) is 2.10. The Balaban J connectivity index is 2.17. The van der Waals surface area contributed by atoms with E-state index < -0.39 is 0 Å². The molecule has 5 heteroatoms. The molecule has 2 aromatic heterocycles. The Morgan fingerprint density at radius 3 is 2.76 bits per heavy atom. The van der Waals surface area contributed by atoms with Crippen LogP contribution in [0.4, 0.5) is 0 Å². The van der Waals surface area contributed by atoms with E-state index in [-0.39, 0.29) is 0 Å². The second-order valence-electron chi connectivity index (χ2n) is 3.71. The zero-order valence-electron chi connectivity index (χ0n) is 9.08. The van der Waals surface area contributed by atoms with Crippen LogP contribution in [0.5, 0.6) is 0 Å². The van der Waals surface area contributed by atoms with Crippen LogP contribution < -0.4 is 0 Å². The summed E-state index contributed by atoms with van der Waals surface area (Å²) in [5.41, 5.74) is 2.39. The number of rotatable bonds is 3. The maximum absolute atomic E-state index is 4.42. The van der Waals surface area contributed by atoms with E-state index in [4.69, 9.17) is 0 Å². The van der Waals surface area contributed by atoms with Gasteiger partial charge in [-0.1, -0.05) is 22.0 Å². The fourth-order valence-electron chi connectivity index (χ4n) is 1.52. The molecule has 0 saturated carbocycles. The Morgan fingerprint density at radius 1 is 1.41 bits per heavy atom. The highest BCUT2D eigenvalue weighted by molar-refractivity contribution is 9.13. The first-order valence-corrected chi connectivity index (χ1v) is 8.39. The lowest BCUT2D eigenvalue weighted by Crippen LogP contribution is -1.98. The van der Waals surface area contributed by atoms with E-state index >= 15 is 0 Å². The van der Waals surface area contributed by atoms with E-state index in [1.807, 2.05) is 12.3 Å². The van der Waals surface area contributed by atoms with Crippen molar-refractivity contribution in [2.45, 2.75) is 18.2 Å². The molecule has 0 N–H and O–H groups in total. The zero-order chi connectivity index (χ0) is 12.4. The summed E-state index contributed by atoms with van der Waals surface area (Å²) >= 11 is 12.5. The molecular formula is C12H10Br3NS. The maximum Gasteiger partial charge on any atom is 0.0843 e. The molecule has 90 valence electrons. The average Bonchev–Trinajstić information content (AvgIpc) is 2.63. The topological polar surface area (TPSA) is 12.9 Å². The predicted molar refractivity (Wildman–Crippen MR) is 84.1 cm³/mol. The Bertz CT molecular complexity index is 505. The van der Waals surface area contributed by atoms with Crippen LogP contribution in [0.15, 0.2) is 32.7 Å². The van der Waals surface area contributed by atoms with Gasteiger partial charge in [0.05, 0.1) is 8.61 Å². The van der Waals surface area contributed by atoms with Gasteiger partial charge in [-0.2, -0.15) is 0 Å². The van der Waals surface area contributed by atoms with Crippen LogP contribution in [0.3, 0.4) is 0 Å². The summed E-state index contributed by atoms with van der Waals surface area (Å²) in [5, 5.41) is 0. The van der Waals surface area contributed by atoms with Crippen molar-refractivity contribution in [3.63, 3.8) is 0 Å². The quantitative estimate of drug-likeness (QED) is 0.562. The Hall–Kier alpha value is 0.290. The summed E-state index contributed by atoms with van der Waals surface area (Å²) in [5.74, 6) is 0. The van der Waals surface area contributed by atoms with Gasteiger partial charge >= 0.3 is 0 Å². The smallest absolute Gasteiger partial charge is 0.0843 e. The molecule has 0 aliphatic rings. The largest absolute Gasteiger partial charge is 0.261 e. The molecule has 2 heterocycles. The Kier molecular flexibility index (Phi) is 4.80. The molecule has 2 aromatic rings. The van der Waals surface area contributed by atoms with E-state index in [1.165, 1.54) is 10.4 Å². The van der Waals surface area contributed by atoms with Crippen molar-refractivity contribution in [1.82, 2.24) is 4.98 Å². The van der Waals surface area contributed by atoms with E-state index in [0.29, 0.717) is 4.83 Å². The third-order valence-corrected chi connectivity index (χ3v) is 6.95. The second-order valence-corrected chi connectivity index (χ2v) is 8.07. The van der Waals surface area contributed by atoms with Crippen molar-refractivity contribution < 1.29 is 0 Å². The van der Waals surface area contributed by atoms with Crippen LogP contribution in [0.2, 0.25) is 0 Å². The van der Waals surface area contributed by atoms with Gasteiger partial charge in [-0.15, -0.1) is 11.3 Å². The minimum absolute atomic E-state index is 0.309. The van der Waals surface area contributed by atoms with Crippen LogP contribution in [0, 0.1) is 6.92 Å². The van der Waals surface area contributed by atoms with Crippen molar-refractivity contribution in [2.75, 3.05) is 0 Å². The minimum Gasteiger partial charge on any atom is -0.261 e. The molecule has 1 atom stereocenters. The summed E-state index contributed by atoms with van der Waals surface area (Å²) in [4.78, 5) is 6.03. The number of halogens is 3. The molecule has 17 heavy (non-hydrogen) atoms. The number of thiophene rings is 1. The fraction of sp³-hybridized carbons (Fsp3) is 0.250. The highest BCUT2D eigenvalue weighted by Crippen LogP contribution is 2.39. The summed E-state index contributed by atoms with van der Waals surface area (Å²) in [6, 6.07) is 6.22. The van der Waals surface area contributed by atoms with Crippen molar-refractivity contribution in [3.8, 4) is 0 Å². The molecule has 1 unspecified atom stereocenters. The first-order valence-electron chi connectivity index (χ1n) is 5.07. The summed E-state index contributed by atoms with van der Waals surface area (Å²) in [7, 11) is 0. The van der Waals surface area contributed by atoms with Crippen LogP contribution in [0.1, 0.15) is 21.0 Å². The number of hydrogen-bond donors (Lipinski definition) is 0. The fourth-order valence-corrected chi connectivity index (χ4v) is 4.31. The van der Waals surface area contributed by atoms with Gasteiger partial charge in [0.1, 0.15) is 0 Å². The number of aromatic nitrogens is 1. The number of nitrogens with zero attached hydrogens (tertiary/aromatic N) is 1. The standard InChI is InChI=1S/C12H10Br3NS/c1-7-3-2-4-16-10(7)5-8(13)11-6-9(14)12(15)17-11/h2-4,6,8H,5H2,1H3. The van der Waals surface area contributed by atoms with Crippen LogP contribution in [-0.4, -0.2) is 4.98 Å². The van der Waals surface area contributed by atoms with Gasteiger partial charge in [0.15, 0.2) is 0 Å². The average molecular weight is 440 g/mol. The lowest BCUT2D eigenvalue weighted by Gasteiger charge is -2.08. The third-order valence-electron chi connectivity index (χ3n) is 2.46. The molecule has 0 spiro atoms. The summed E-state index contributed by atoms with van der Waals surface area (Å²) < 4.78 is 2.24. The Morgan fingerprint density at radius 2 is 2.18 bits per heavy atom. The summed E-state index contributed by atoms with van der Waals surface area (Å²) in [6.07, 6.45) is 2.76. The van der Waals surface area contributed by atoms with Crippen LogP contribution >= 0.6 is 59.1 Å². The Labute approximate surface area is 130 Å². The first kappa shape index (κ1) is 13.7. The van der Waals surface area contributed by atoms with Crippen molar-refractivity contribution >= 4 is 59.1 Å². The molecule has 0 bridgehead atoms. The molecular weight excluding hydrogens is 430 g/mol. The van der Waals surface area contributed by atoms with Gasteiger partial charge < -0.3 is 0 Å². The van der Waals surface area contributed by atoms with Crippen molar-refractivity contribution in [3.05, 3.63) is 48.8 Å². The van der Waals surface area contributed by atoms with Gasteiger partial charge in [0.25, 0.3) is 0 Å². The number of hydrogen-bond acceptors (Lipinski definition) is 2. The van der Waals surface area contributed by atoms with Gasteiger partial charge in [0.2, 0.25) is 0 Å². The molecule has 0 radical (unpaired) electrons. The van der Waals surface area contributed by atoms with Crippen molar-refractivity contribution in [2.24, 2.45) is 0 Å². The van der Waals surface area contributed by atoms with E-state index in [9.17, 15) is 0 Å². The molecule has 0 aromatic carbocycles. The molecule has 0 fully saturated rings. The lowest BCUT2D eigenvalue weighted by molar-refractivity contribution is 0.905. The van der Waals surface area contributed by atoms with E-state index in [0.717, 1.165) is 20.4 Å². The second kappa shape index (κ2) is 5.95. The van der Waals surface area contributed by atoms with E-state index in [2.05, 4.69) is 71.8 Å². The molecule has 0 saturated heterocycles. The predicted octanol–water partition coefficient (Wildman–Crippen LogP) is 5.66. The monoisotopic (exact) mass is 437 g/mol. The van der Waals surface area contributed by atoms with Crippen LogP contribution in [-0.2, 0) is 6.42 Å². The normalized spacial score (nSPS) is 12.7. The van der Waals surface area contributed by atoms with Gasteiger partial charge in [-0.25, -0.2) is 0 Å². The highest BCUT2D eigenvalue weighted by atomic mass is 79.9. The zero-order valence-corrected chi connectivity index (χ0v) is 14.7. The molecule has 0 aliphatic heterocycles.